The molecule has 128 valence electrons. The summed E-state index contributed by atoms with van der Waals surface area (Å²) in [4.78, 5) is 16.0. The van der Waals surface area contributed by atoms with Crippen molar-refractivity contribution in [2.24, 2.45) is 11.7 Å². The number of rotatable bonds is 6. The van der Waals surface area contributed by atoms with Crippen molar-refractivity contribution < 1.29 is 14.6 Å². The van der Waals surface area contributed by atoms with Gasteiger partial charge in [0.05, 0.1) is 19.1 Å². The fraction of sp³-hybridized carbons (Fsp3) is 0.588. The lowest BCUT2D eigenvalue weighted by Crippen LogP contribution is -2.37. The molecule has 1 unspecified atom stereocenters. The number of nitrogens with two attached hydrogens (primary N) is 1. The third kappa shape index (κ3) is 4.92. The number of benzene rings is 1. The smallest absolute Gasteiger partial charge is 0.223 e. The van der Waals surface area contributed by atoms with E-state index in [2.05, 4.69) is 9.80 Å². The van der Waals surface area contributed by atoms with Crippen LogP contribution in [0.4, 0.5) is 0 Å². The maximum Gasteiger partial charge on any atom is 0.223 e. The second kappa shape index (κ2) is 8.29. The number of aliphatic hydroxyl groups excluding tert-OH is 1. The van der Waals surface area contributed by atoms with Crippen LogP contribution >= 0.6 is 0 Å². The van der Waals surface area contributed by atoms with Crippen LogP contribution in [-0.4, -0.2) is 60.6 Å². The van der Waals surface area contributed by atoms with Gasteiger partial charge in [0.25, 0.3) is 0 Å². The lowest BCUT2D eigenvalue weighted by molar-refractivity contribution is -0.122. The van der Waals surface area contributed by atoms with Crippen LogP contribution in [-0.2, 0) is 17.9 Å². The van der Waals surface area contributed by atoms with Gasteiger partial charge in [-0.15, -0.1) is 0 Å². The van der Waals surface area contributed by atoms with Gasteiger partial charge in [-0.2, -0.15) is 0 Å². The molecule has 6 heteroatoms. The monoisotopic (exact) mass is 321 g/mol. The Morgan fingerprint density at radius 2 is 2.17 bits per heavy atom. The van der Waals surface area contributed by atoms with Crippen LogP contribution in [0, 0.1) is 5.92 Å². The fourth-order valence-electron chi connectivity index (χ4n) is 2.97. The van der Waals surface area contributed by atoms with E-state index >= 15 is 0 Å². The summed E-state index contributed by atoms with van der Waals surface area (Å²) in [5.41, 5.74) is 7.41. The number of ether oxygens (including phenoxy) is 1. The Morgan fingerprint density at radius 3 is 2.83 bits per heavy atom. The van der Waals surface area contributed by atoms with Crippen LogP contribution in [0.3, 0.4) is 0 Å². The Bertz CT molecular complexity index is 536. The minimum absolute atomic E-state index is 0.0458. The molecule has 1 aromatic carbocycles. The molecule has 1 heterocycles. The van der Waals surface area contributed by atoms with Crippen LogP contribution in [0.15, 0.2) is 18.2 Å². The average molecular weight is 321 g/mol. The van der Waals surface area contributed by atoms with Gasteiger partial charge in [0, 0.05) is 38.3 Å². The van der Waals surface area contributed by atoms with Crippen LogP contribution in [0.5, 0.6) is 5.75 Å². The molecule has 6 nitrogen and oxygen atoms in total. The highest BCUT2D eigenvalue weighted by Crippen LogP contribution is 2.22. The van der Waals surface area contributed by atoms with Crippen LogP contribution < -0.4 is 10.5 Å². The first-order chi connectivity index (χ1) is 11.0. The zero-order chi connectivity index (χ0) is 16.8. The van der Waals surface area contributed by atoms with Crippen molar-refractivity contribution in [2.45, 2.75) is 20.1 Å². The number of nitrogens with zero attached hydrogens (tertiary/aromatic N) is 2. The number of amides is 1. The predicted molar refractivity (Wildman–Crippen MR) is 89.0 cm³/mol. The molecule has 0 bridgehead atoms. The molecule has 1 saturated heterocycles. The first-order valence-corrected chi connectivity index (χ1v) is 8.09. The normalized spacial score (nSPS) is 20.2. The van der Waals surface area contributed by atoms with E-state index in [4.69, 9.17) is 10.5 Å². The summed E-state index contributed by atoms with van der Waals surface area (Å²) in [5.74, 6) is 0.332. The van der Waals surface area contributed by atoms with Crippen LogP contribution in [0.2, 0.25) is 0 Å². The number of aliphatic hydroxyl groups is 1. The van der Waals surface area contributed by atoms with Crippen molar-refractivity contribution in [2.75, 3.05) is 39.8 Å². The van der Waals surface area contributed by atoms with E-state index in [0.29, 0.717) is 19.7 Å². The highest BCUT2D eigenvalue weighted by atomic mass is 16.5. The maximum absolute atomic E-state index is 11.6. The lowest BCUT2D eigenvalue weighted by Gasteiger charge is -2.23. The molecule has 3 N–H and O–H groups in total. The topological polar surface area (TPSA) is 79.0 Å². The van der Waals surface area contributed by atoms with E-state index in [0.717, 1.165) is 36.5 Å². The van der Waals surface area contributed by atoms with E-state index in [1.165, 1.54) is 0 Å². The highest BCUT2D eigenvalue weighted by molar-refractivity contribution is 5.77. The summed E-state index contributed by atoms with van der Waals surface area (Å²) in [6, 6.07) is 5.89. The van der Waals surface area contributed by atoms with Crippen LogP contribution in [0.1, 0.15) is 18.1 Å². The Balaban J connectivity index is 2.09. The standard InChI is InChI=1S/C17H27N3O3/c1-3-23-16-5-4-13(8-14(16)12-21)9-20-7-6-19(2)10-15(11-20)17(18)22/h4-5,8,15,21H,3,6-7,9-12H2,1-2H3,(H2,18,22). The Kier molecular flexibility index (Phi) is 6.38. The summed E-state index contributed by atoms with van der Waals surface area (Å²) in [5, 5.41) is 9.51. The van der Waals surface area contributed by atoms with Gasteiger partial charge in [-0.3, -0.25) is 9.69 Å². The second-order valence-electron chi connectivity index (χ2n) is 6.13. The molecule has 1 fully saturated rings. The lowest BCUT2D eigenvalue weighted by atomic mass is 10.1. The molecule has 0 aliphatic carbocycles. The summed E-state index contributed by atoms with van der Waals surface area (Å²) >= 11 is 0. The van der Waals surface area contributed by atoms with E-state index in [1.807, 2.05) is 32.2 Å². The SMILES string of the molecule is CCOc1ccc(CN2CCN(C)CC(C(N)=O)C2)cc1CO. The summed E-state index contributed by atoms with van der Waals surface area (Å²) in [6.45, 7) is 6.36. The average Bonchev–Trinajstić information content (AvgIpc) is 2.71. The number of carbonyl (C=O) groups is 1. The molecule has 2 rings (SSSR count). The van der Waals surface area contributed by atoms with Gasteiger partial charge in [0.1, 0.15) is 5.75 Å². The molecule has 1 aliphatic heterocycles. The minimum Gasteiger partial charge on any atom is -0.494 e. The van der Waals surface area contributed by atoms with Crippen molar-refractivity contribution in [1.29, 1.82) is 0 Å². The van der Waals surface area contributed by atoms with Gasteiger partial charge in [0.2, 0.25) is 5.91 Å². The quantitative estimate of drug-likeness (QED) is 0.794. The summed E-state index contributed by atoms with van der Waals surface area (Å²) < 4.78 is 5.51. The van der Waals surface area contributed by atoms with Crippen molar-refractivity contribution >= 4 is 5.91 Å². The zero-order valence-corrected chi connectivity index (χ0v) is 14.0. The first-order valence-electron chi connectivity index (χ1n) is 8.09. The van der Waals surface area contributed by atoms with Crippen molar-refractivity contribution in [1.82, 2.24) is 9.80 Å². The number of hydrogen-bond acceptors (Lipinski definition) is 5. The molecule has 0 aromatic heterocycles. The summed E-state index contributed by atoms with van der Waals surface area (Å²) in [6.07, 6.45) is 0. The van der Waals surface area contributed by atoms with Gasteiger partial charge in [-0.25, -0.2) is 0 Å². The van der Waals surface area contributed by atoms with Gasteiger partial charge in [-0.1, -0.05) is 6.07 Å². The molecule has 23 heavy (non-hydrogen) atoms. The maximum atomic E-state index is 11.6. The van der Waals surface area contributed by atoms with Crippen molar-refractivity contribution in [3.05, 3.63) is 29.3 Å². The molecule has 1 aromatic rings. The molecular formula is C17H27N3O3. The van der Waals surface area contributed by atoms with Gasteiger partial charge in [0.15, 0.2) is 0 Å². The van der Waals surface area contributed by atoms with Gasteiger partial charge < -0.3 is 20.5 Å². The largest absolute Gasteiger partial charge is 0.494 e. The van der Waals surface area contributed by atoms with E-state index in [-0.39, 0.29) is 18.4 Å². The van der Waals surface area contributed by atoms with Gasteiger partial charge >= 0.3 is 0 Å². The first kappa shape index (κ1) is 17.7. The molecular weight excluding hydrogens is 294 g/mol. The number of hydrogen-bond donors (Lipinski definition) is 2. The zero-order valence-electron chi connectivity index (χ0n) is 14.0. The third-order valence-electron chi connectivity index (χ3n) is 4.21. The van der Waals surface area contributed by atoms with E-state index < -0.39 is 0 Å². The highest BCUT2D eigenvalue weighted by Gasteiger charge is 2.24. The van der Waals surface area contributed by atoms with Gasteiger partial charge in [-0.05, 0) is 31.7 Å². The number of carbonyl (C=O) groups excluding carboxylic acids is 1. The minimum atomic E-state index is -0.244. The molecule has 1 aliphatic rings. The number of primary amides is 1. The molecule has 1 amide bonds. The molecule has 0 spiro atoms. The Hall–Kier alpha value is -1.63. The second-order valence-corrected chi connectivity index (χ2v) is 6.13. The third-order valence-corrected chi connectivity index (χ3v) is 4.21. The van der Waals surface area contributed by atoms with Crippen molar-refractivity contribution in [3.8, 4) is 5.75 Å². The van der Waals surface area contributed by atoms with Crippen LogP contribution in [0.25, 0.3) is 0 Å². The number of likely N-dealkylation sites (N-methyl/N-ethyl adjacent to an activating group) is 1. The van der Waals surface area contributed by atoms with E-state index in [9.17, 15) is 9.90 Å². The molecule has 0 radical (unpaired) electrons. The molecule has 1 atom stereocenters. The Labute approximate surface area is 137 Å². The Morgan fingerprint density at radius 1 is 1.39 bits per heavy atom. The van der Waals surface area contributed by atoms with E-state index in [1.54, 1.807) is 0 Å². The predicted octanol–water partition coefficient (Wildman–Crippen LogP) is 0.427. The van der Waals surface area contributed by atoms with Crippen molar-refractivity contribution in [3.63, 3.8) is 0 Å². The molecule has 0 saturated carbocycles. The summed E-state index contributed by atoms with van der Waals surface area (Å²) in [7, 11) is 2.01. The fourth-order valence-corrected chi connectivity index (χ4v) is 2.97.